The highest BCUT2D eigenvalue weighted by molar-refractivity contribution is 5.94. The molecule has 2 rings (SSSR count). The number of methoxy groups -OCH3 is 2. The molecule has 0 aliphatic rings. The second-order valence-electron chi connectivity index (χ2n) is 6.79. The summed E-state index contributed by atoms with van der Waals surface area (Å²) < 4.78 is 16.0. The number of hydrogen-bond donors (Lipinski definition) is 3. The third kappa shape index (κ3) is 8.18. The molecule has 0 radical (unpaired) electrons. The molecule has 0 aromatic heterocycles. The molecule has 3 N–H and O–H groups in total. The SMILES string of the molecule is CN=C(NCCNC(=O)c1cccc(OC)c1)NCc1ccc(C)cc1OCCOC. The lowest BCUT2D eigenvalue weighted by Crippen LogP contribution is -2.41. The van der Waals surface area contributed by atoms with Gasteiger partial charge in [0.15, 0.2) is 5.96 Å². The first-order valence-electron chi connectivity index (χ1n) is 10.2. The monoisotopic (exact) mass is 428 g/mol. The summed E-state index contributed by atoms with van der Waals surface area (Å²) in [5, 5.41) is 9.34. The molecule has 0 atom stereocenters. The molecule has 8 heteroatoms. The van der Waals surface area contributed by atoms with Crippen LogP contribution in [0.4, 0.5) is 0 Å². The van der Waals surface area contributed by atoms with Crippen molar-refractivity contribution in [1.82, 2.24) is 16.0 Å². The predicted octanol–water partition coefficient (Wildman–Crippen LogP) is 2.12. The molecule has 0 unspecified atom stereocenters. The molecule has 0 saturated heterocycles. The molecule has 0 heterocycles. The Morgan fingerprint density at radius 1 is 1.00 bits per heavy atom. The lowest BCUT2D eigenvalue weighted by atomic mass is 10.1. The average Bonchev–Trinajstić information content (AvgIpc) is 2.79. The van der Waals surface area contributed by atoms with Crippen LogP contribution in [0.15, 0.2) is 47.5 Å². The van der Waals surface area contributed by atoms with Gasteiger partial charge in [-0.25, -0.2) is 0 Å². The summed E-state index contributed by atoms with van der Waals surface area (Å²) in [6.07, 6.45) is 0. The highest BCUT2D eigenvalue weighted by Gasteiger charge is 2.08. The summed E-state index contributed by atoms with van der Waals surface area (Å²) in [6.45, 7) is 4.59. The normalized spacial score (nSPS) is 11.0. The van der Waals surface area contributed by atoms with Crippen LogP contribution >= 0.6 is 0 Å². The van der Waals surface area contributed by atoms with Crippen LogP contribution in [-0.2, 0) is 11.3 Å². The highest BCUT2D eigenvalue weighted by Crippen LogP contribution is 2.20. The van der Waals surface area contributed by atoms with E-state index in [1.54, 1.807) is 45.5 Å². The van der Waals surface area contributed by atoms with Crippen LogP contribution < -0.4 is 25.4 Å². The summed E-state index contributed by atoms with van der Waals surface area (Å²) in [7, 11) is 4.93. The Kier molecular flexibility index (Phi) is 10.2. The van der Waals surface area contributed by atoms with E-state index in [-0.39, 0.29) is 5.91 Å². The molecule has 0 fully saturated rings. The van der Waals surface area contributed by atoms with E-state index in [9.17, 15) is 4.79 Å². The first-order chi connectivity index (χ1) is 15.1. The predicted molar refractivity (Wildman–Crippen MR) is 122 cm³/mol. The molecule has 0 aliphatic carbocycles. The van der Waals surface area contributed by atoms with Crippen molar-refractivity contribution < 1.29 is 19.0 Å². The first-order valence-corrected chi connectivity index (χ1v) is 10.2. The Bertz CT molecular complexity index is 870. The van der Waals surface area contributed by atoms with Gasteiger partial charge in [0.05, 0.1) is 13.7 Å². The van der Waals surface area contributed by atoms with Gasteiger partial charge in [-0.1, -0.05) is 18.2 Å². The van der Waals surface area contributed by atoms with Gasteiger partial charge in [-0.15, -0.1) is 0 Å². The van der Waals surface area contributed by atoms with E-state index < -0.39 is 0 Å². The Morgan fingerprint density at radius 3 is 2.55 bits per heavy atom. The molecule has 0 aliphatic heterocycles. The van der Waals surface area contributed by atoms with Crippen LogP contribution in [0.25, 0.3) is 0 Å². The molecule has 8 nitrogen and oxygen atoms in total. The van der Waals surface area contributed by atoms with Crippen LogP contribution in [0.1, 0.15) is 21.5 Å². The summed E-state index contributed by atoms with van der Waals surface area (Å²) >= 11 is 0. The maximum atomic E-state index is 12.2. The van der Waals surface area contributed by atoms with E-state index in [4.69, 9.17) is 14.2 Å². The third-order valence-corrected chi connectivity index (χ3v) is 4.47. The van der Waals surface area contributed by atoms with Crippen molar-refractivity contribution in [3.05, 3.63) is 59.2 Å². The van der Waals surface area contributed by atoms with E-state index in [1.807, 2.05) is 25.1 Å². The van der Waals surface area contributed by atoms with Crippen molar-refractivity contribution in [2.45, 2.75) is 13.5 Å². The number of aryl methyl sites for hydroxylation is 1. The smallest absolute Gasteiger partial charge is 0.251 e. The fraction of sp³-hybridized carbons (Fsp3) is 0.391. The highest BCUT2D eigenvalue weighted by atomic mass is 16.5. The van der Waals surface area contributed by atoms with Gasteiger partial charge in [-0.05, 0) is 36.8 Å². The zero-order valence-electron chi connectivity index (χ0n) is 18.7. The van der Waals surface area contributed by atoms with Crippen LogP contribution in [0.5, 0.6) is 11.5 Å². The molecule has 1 amide bonds. The van der Waals surface area contributed by atoms with Crippen molar-refractivity contribution in [1.29, 1.82) is 0 Å². The number of nitrogens with one attached hydrogen (secondary N) is 3. The minimum absolute atomic E-state index is 0.152. The van der Waals surface area contributed by atoms with Crippen LogP contribution in [-0.4, -0.2) is 59.4 Å². The Morgan fingerprint density at radius 2 is 1.81 bits per heavy atom. The number of rotatable bonds is 11. The maximum absolute atomic E-state index is 12.2. The third-order valence-electron chi connectivity index (χ3n) is 4.47. The molecule has 31 heavy (non-hydrogen) atoms. The second kappa shape index (κ2) is 13.1. The molecule has 2 aromatic carbocycles. The van der Waals surface area contributed by atoms with Crippen LogP contribution in [0.3, 0.4) is 0 Å². The first kappa shape index (κ1) is 24.0. The number of hydrogen-bond acceptors (Lipinski definition) is 5. The van der Waals surface area contributed by atoms with Crippen molar-refractivity contribution in [2.24, 2.45) is 4.99 Å². The zero-order valence-corrected chi connectivity index (χ0v) is 18.7. The zero-order chi connectivity index (χ0) is 22.5. The van der Waals surface area contributed by atoms with Gasteiger partial charge in [-0.3, -0.25) is 9.79 Å². The molecular formula is C23H32N4O4. The molecule has 168 valence electrons. The number of benzene rings is 2. The number of nitrogens with zero attached hydrogens (tertiary/aromatic N) is 1. The lowest BCUT2D eigenvalue weighted by Gasteiger charge is -2.15. The summed E-state index contributed by atoms with van der Waals surface area (Å²) in [4.78, 5) is 16.5. The van der Waals surface area contributed by atoms with Crippen molar-refractivity contribution >= 4 is 11.9 Å². The van der Waals surface area contributed by atoms with E-state index in [1.165, 1.54) is 0 Å². The van der Waals surface area contributed by atoms with Gasteiger partial charge in [0.25, 0.3) is 5.91 Å². The lowest BCUT2D eigenvalue weighted by molar-refractivity contribution is 0.0954. The van der Waals surface area contributed by atoms with E-state index in [0.29, 0.717) is 50.1 Å². The summed E-state index contributed by atoms with van der Waals surface area (Å²) in [5.41, 5.74) is 2.71. The van der Waals surface area contributed by atoms with Gasteiger partial charge in [0.2, 0.25) is 0 Å². The number of ether oxygens (including phenoxy) is 3. The number of carbonyl (C=O) groups is 1. The van der Waals surface area contributed by atoms with Gasteiger partial charge in [0, 0.05) is 44.9 Å². The largest absolute Gasteiger partial charge is 0.497 e. The minimum atomic E-state index is -0.152. The number of guanidine groups is 1. The van der Waals surface area contributed by atoms with Gasteiger partial charge in [-0.2, -0.15) is 0 Å². The van der Waals surface area contributed by atoms with Gasteiger partial charge in [0.1, 0.15) is 18.1 Å². The summed E-state index contributed by atoms with van der Waals surface area (Å²) in [6, 6.07) is 13.1. The van der Waals surface area contributed by atoms with Gasteiger partial charge >= 0.3 is 0 Å². The standard InChI is InChI=1S/C23H32N4O4/c1-17-8-9-19(21(14-17)31-13-12-29-3)16-27-23(24-2)26-11-10-25-22(28)18-6-5-7-20(15-18)30-4/h5-9,14-15H,10-13,16H2,1-4H3,(H,25,28)(H2,24,26,27). The van der Waals surface area contributed by atoms with Crippen molar-refractivity contribution in [3.63, 3.8) is 0 Å². The average molecular weight is 429 g/mol. The molecule has 0 spiro atoms. The molecule has 0 bridgehead atoms. The van der Waals surface area contributed by atoms with Crippen molar-refractivity contribution in [2.75, 3.05) is 47.6 Å². The van der Waals surface area contributed by atoms with Crippen LogP contribution in [0.2, 0.25) is 0 Å². The van der Waals surface area contributed by atoms with E-state index in [0.717, 1.165) is 16.9 Å². The molecule has 2 aromatic rings. The van der Waals surface area contributed by atoms with Crippen molar-refractivity contribution in [3.8, 4) is 11.5 Å². The number of amides is 1. The Balaban J connectivity index is 1.79. The second-order valence-corrected chi connectivity index (χ2v) is 6.79. The summed E-state index contributed by atoms with van der Waals surface area (Å²) in [5.74, 6) is 1.96. The number of aliphatic imine (C=N–C) groups is 1. The molecule has 0 saturated carbocycles. The van der Waals surface area contributed by atoms with E-state index in [2.05, 4.69) is 20.9 Å². The fourth-order valence-corrected chi connectivity index (χ4v) is 2.80. The Hall–Kier alpha value is -3.26. The number of carbonyl (C=O) groups excluding carboxylic acids is 1. The maximum Gasteiger partial charge on any atom is 0.251 e. The minimum Gasteiger partial charge on any atom is -0.497 e. The fourth-order valence-electron chi connectivity index (χ4n) is 2.80. The molecular weight excluding hydrogens is 396 g/mol. The quantitative estimate of drug-likeness (QED) is 0.288. The Labute approximate surface area is 184 Å². The van der Waals surface area contributed by atoms with Crippen LogP contribution in [0, 0.1) is 6.92 Å². The van der Waals surface area contributed by atoms with E-state index >= 15 is 0 Å². The topological polar surface area (TPSA) is 93.2 Å². The van der Waals surface area contributed by atoms with Gasteiger partial charge < -0.3 is 30.2 Å².